The van der Waals surface area contributed by atoms with E-state index in [0.29, 0.717) is 23.5 Å². The van der Waals surface area contributed by atoms with Crippen molar-refractivity contribution in [1.29, 1.82) is 0 Å². The lowest BCUT2D eigenvalue weighted by molar-refractivity contribution is 0.102. The van der Waals surface area contributed by atoms with E-state index >= 15 is 0 Å². The van der Waals surface area contributed by atoms with Crippen LogP contribution in [0.1, 0.15) is 28.5 Å². The highest BCUT2D eigenvalue weighted by atomic mass is 16.1. The molecule has 0 amide bonds. The smallest absolute Gasteiger partial charge is 0.211 e. The SMILES string of the molecule is CCn1nccc1C(=O)c1ccc(N)c(C)c1. The minimum absolute atomic E-state index is 0.0209. The van der Waals surface area contributed by atoms with Crippen molar-refractivity contribution < 1.29 is 4.79 Å². The predicted octanol–water partition coefficient (Wildman–Crippen LogP) is 2.02. The molecule has 0 saturated heterocycles. The molecule has 0 bridgehead atoms. The van der Waals surface area contributed by atoms with Crippen molar-refractivity contribution in [3.63, 3.8) is 0 Å². The highest BCUT2D eigenvalue weighted by molar-refractivity contribution is 6.08. The van der Waals surface area contributed by atoms with Gasteiger partial charge >= 0.3 is 0 Å². The molecule has 2 rings (SSSR count). The number of carbonyl (C=O) groups is 1. The van der Waals surface area contributed by atoms with Gasteiger partial charge in [0.1, 0.15) is 5.69 Å². The maximum absolute atomic E-state index is 12.2. The molecule has 0 atom stereocenters. The number of hydrogen-bond acceptors (Lipinski definition) is 3. The Hall–Kier alpha value is -2.10. The second-order valence-corrected chi connectivity index (χ2v) is 3.93. The molecular formula is C13H15N3O. The van der Waals surface area contributed by atoms with Crippen molar-refractivity contribution in [1.82, 2.24) is 9.78 Å². The van der Waals surface area contributed by atoms with Gasteiger partial charge in [0.2, 0.25) is 5.78 Å². The molecular weight excluding hydrogens is 214 g/mol. The Morgan fingerprint density at radius 1 is 1.41 bits per heavy atom. The van der Waals surface area contributed by atoms with E-state index in [4.69, 9.17) is 5.73 Å². The Kier molecular flexibility index (Phi) is 2.95. The molecule has 17 heavy (non-hydrogen) atoms. The number of ketones is 1. The Balaban J connectivity index is 2.40. The van der Waals surface area contributed by atoms with Gasteiger partial charge < -0.3 is 5.73 Å². The largest absolute Gasteiger partial charge is 0.399 e. The number of nitrogens with zero attached hydrogens (tertiary/aromatic N) is 2. The minimum atomic E-state index is -0.0209. The molecule has 88 valence electrons. The van der Waals surface area contributed by atoms with Crippen molar-refractivity contribution >= 4 is 11.5 Å². The first kappa shape index (κ1) is 11.4. The minimum Gasteiger partial charge on any atom is -0.399 e. The molecule has 2 aromatic rings. The highest BCUT2D eigenvalue weighted by Crippen LogP contribution is 2.16. The summed E-state index contributed by atoms with van der Waals surface area (Å²) >= 11 is 0. The summed E-state index contributed by atoms with van der Waals surface area (Å²) in [4.78, 5) is 12.2. The van der Waals surface area contributed by atoms with Crippen molar-refractivity contribution in [3.05, 3.63) is 47.3 Å². The topological polar surface area (TPSA) is 60.9 Å². The molecule has 4 heteroatoms. The zero-order chi connectivity index (χ0) is 12.4. The Morgan fingerprint density at radius 2 is 2.18 bits per heavy atom. The molecule has 0 unspecified atom stereocenters. The van der Waals surface area contributed by atoms with E-state index < -0.39 is 0 Å². The van der Waals surface area contributed by atoms with Crippen LogP contribution in [0.4, 0.5) is 5.69 Å². The van der Waals surface area contributed by atoms with Gasteiger partial charge in [0.05, 0.1) is 0 Å². The molecule has 2 N–H and O–H groups in total. The second kappa shape index (κ2) is 4.41. The van der Waals surface area contributed by atoms with E-state index in [1.165, 1.54) is 0 Å². The summed E-state index contributed by atoms with van der Waals surface area (Å²) in [6.07, 6.45) is 1.64. The highest BCUT2D eigenvalue weighted by Gasteiger charge is 2.14. The normalized spacial score (nSPS) is 10.5. The number of aryl methyl sites for hydroxylation is 2. The van der Waals surface area contributed by atoms with Gasteiger partial charge in [0, 0.05) is 24.0 Å². The predicted molar refractivity (Wildman–Crippen MR) is 66.9 cm³/mol. The molecule has 0 radical (unpaired) electrons. The summed E-state index contributed by atoms with van der Waals surface area (Å²) in [5.74, 6) is -0.0209. The lowest BCUT2D eigenvalue weighted by atomic mass is 10.0. The summed E-state index contributed by atoms with van der Waals surface area (Å²) in [5.41, 5.74) is 8.60. The quantitative estimate of drug-likeness (QED) is 0.647. The number of hydrogen-bond donors (Lipinski definition) is 1. The van der Waals surface area contributed by atoms with Crippen molar-refractivity contribution in [3.8, 4) is 0 Å². The van der Waals surface area contributed by atoms with E-state index in [-0.39, 0.29) is 5.78 Å². The van der Waals surface area contributed by atoms with Crippen molar-refractivity contribution in [2.75, 3.05) is 5.73 Å². The fourth-order valence-electron chi connectivity index (χ4n) is 1.74. The number of aromatic nitrogens is 2. The Bertz CT molecular complexity index is 558. The van der Waals surface area contributed by atoms with E-state index in [1.54, 1.807) is 29.1 Å². The molecule has 1 heterocycles. The first-order valence-electron chi connectivity index (χ1n) is 5.56. The van der Waals surface area contributed by atoms with Crippen LogP contribution in [0.2, 0.25) is 0 Å². The monoisotopic (exact) mass is 229 g/mol. The molecule has 0 spiro atoms. The van der Waals surface area contributed by atoms with Crippen LogP contribution < -0.4 is 5.73 Å². The summed E-state index contributed by atoms with van der Waals surface area (Å²) in [7, 11) is 0. The molecule has 0 aliphatic carbocycles. The zero-order valence-corrected chi connectivity index (χ0v) is 9.97. The number of anilines is 1. The zero-order valence-electron chi connectivity index (χ0n) is 9.97. The number of nitrogens with two attached hydrogens (primary N) is 1. The maximum Gasteiger partial charge on any atom is 0.211 e. The summed E-state index contributed by atoms with van der Waals surface area (Å²) < 4.78 is 1.69. The van der Waals surface area contributed by atoms with Gasteiger partial charge in [0.15, 0.2) is 0 Å². The van der Waals surface area contributed by atoms with E-state index in [2.05, 4.69) is 5.10 Å². The fourth-order valence-corrected chi connectivity index (χ4v) is 1.74. The third-order valence-corrected chi connectivity index (χ3v) is 2.78. The summed E-state index contributed by atoms with van der Waals surface area (Å²) in [5, 5.41) is 4.09. The third-order valence-electron chi connectivity index (χ3n) is 2.78. The van der Waals surface area contributed by atoms with Gasteiger partial charge in [-0.15, -0.1) is 0 Å². The molecule has 1 aromatic heterocycles. The number of benzene rings is 1. The van der Waals surface area contributed by atoms with Crippen LogP contribution in [-0.4, -0.2) is 15.6 Å². The van der Waals surface area contributed by atoms with Crippen LogP contribution in [0, 0.1) is 6.92 Å². The molecule has 0 fully saturated rings. The van der Waals surface area contributed by atoms with Crippen molar-refractivity contribution in [2.45, 2.75) is 20.4 Å². The maximum atomic E-state index is 12.2. The van der Waals surface area contributed by atoms with Crippen molar-refractivity contribution in [2.24, 2.45) is 0 Å². The number of nitrogen functional groups attached to an aromatic ring is 1. The van der Waals surface area contributed by atoms with E-state index in [9.17, 15) is 4.79 Å². The fraction of sp³-hybridized carbons (Fsp3) is 0.231. The third kappa shape index (κ3) is 2.06. The Labute approximate surface area is 100 Å². The number of carbonyl (C=O) groups excluding carboxylic acids is 1. The Morgan fingerprint density at radius 3 is 2.82 bits per heavy atom. The molecule has 1 aromatic carbocycles. The standard InChI is InChI=1S/C13H15N3O/c1-3-16-12(6-7-15-16)13(17)10-4-5-11(14)9(2)8-10/h4-8H,3,14H2,1-2H3. The van der Waals surface area contributed by atoms with Crippen LogP contribution in [0.25, 0.3) is 0 Å². The first-order valence-corrected chi connectivity index (χ1v) is 5.56. The van der Waals surface area contributed by atoms with Crippen LogP contribution in [-0.2, 0) is 6.54 Å². The molecule has 0 aliphatic rings. The van der Waals surface area contributed by atoms with Gasteiger partial charge in [-0.1, -0.05) is 0 Å². The van der Waals surface area contributed by atoms with Crippen LogP contribution in [0.15, 0.2) is 30.5 Å². The average Bonchev–Trinajstić information content (AvgIpc) is 2.80. The lowest BCUT2D eigenvalue weighted by Gasteiger charge is -2.06. The average molecular weight is 229 g/mol. The molecule has 4 nitrogen and oxygen atoms in total. The summed E-state index contributed by atoms with van der Waals surface area (Å²) in [6.45, 7) is 4.53. The van der Waals surface area contributed by atoms with Crippen LogP contribution in [0.3, 0.4) is 0 Å². The molecule has 0 saturated carbocycles. The van der Waals surface area contributed by atoms with E-state index in [1.807, 2.05) is 19.9 Å². The van der Waals surface area contributed by atoms with E-state index in [0.717, 1.165) is 5.56 Å². The number of rotatable bonds is 3. The lowest BCUT2D eigenvalue weighted by Crippen LogP contribution is -2.10. The van der Waals surface area contributed by atoms with Gasteiger partial charge in [-0.3, -0.25) is 9.48 Å². The van der Waals surface area contributed by atoms with Gasteiger partial charge in [-0.05, 0) is 43.7 Å². The van der Waals surface area contributed by atoms with Gasteiger partial charge in [-0.2, -0.15) is 5.10 Å². The van der Waals surface area contributed by atoms with Gasteiger partial charge in [-0.25, -0.2) is 0 Å². The van der Waals surface area contributed by atoms with Gasteiger partial charge in [0.25, 0.3) is 0 Å². The van der Waals surface area contributed by atoms with Crippen LogP contribution >= 0.6 is 0 Å². The van der Waals surface area contributed by atoms with Crippen LogP contribution in [0.5, 0.6) is 0 Å². The second-order valence-electron chi connectivity index (χ2n) is 3.93. The molecule has 0 aliphatic heterocycles. The first-order chi connectivity index (χ1) is 8.13. The summed E-state index contributed by atoms with van der Waals surface area (Å²) in [6, 6.07) is 7.05.